The number of nitrogens with zero attached hydrogens (tertiary/aromatic N) is 2. The summed E-state index contributed by atoms with van der Waals surface area (Å²) >= 11 is 0. The van der Waals surface area contributed by atoms with Gasteiger partial charge in [-0.25, -0.2) is 0 Å². The lowest BCUT2D eigenvalue weighted by molar-refractivity contribution is 0.0408. The van der Waals surface area contributed by atoms with E-state index in [1.54, 1.807) is 0 Å². The van der Waals surface area contributed by atoms with Crippen molar-refractivity contribution >= 4 is 0 Å². The molecule has 0 radical (unpaired) electrons. The number of ether oxygens (including phenoxy) is 1. The first-order valence-corrected chi connectivity index (χ1v) is 7.46. The molecular weight excluding hydrogens is 224 g/mol. The van der Waals surface area contributed by atoms with E-state index in [2.05, 4.69) is 30.6 Å². The normalized spacial score (nSPS) is 30.0. The lowest BCUT2D eigenvalue weighted by Crippen LogP contribution is -2.54. The third-order valence-electron chi connectivity index (χ3n) is 4.44. The summed E-state index contributed by atoms with van der Waals surface area (Å²) in [6.45, 7) is 12.9. The quantitative estimate of drug-likeness (QED) is 0.748. The molecule has 2 unspecified atom stereocenters. The van der Waals surface area contributed by atoms with Crippen LogP contribution in [0.15, 0.2) is 0 Å². The summed E-state index contributed by atoms with van der Waals surface area (Å²) in [5.74, 6) is 0. The fourth-order valence-electron chi connectivity index (χ4n) is 3.32. The van der Waals surface area contributed by atoms with Gasteiger partial charge in [-0.2, -0.15) is 0 Å². The van der Waals surface area contributed by atoms with Gasteiger partial charge in [0.05, 0.1) is 6.61 Å². The molecule has 0 amide bonds. The molecule has 2 saturated heterocycles. The molecule has 2 heterocycles. The smallest absolute Gasteiger partial charge is 0.0589 e. The second-order valence-corrected chi connectivity index (χ2v) is 7.19. The zero-order chi connectivity index (χ0) is 13.2. The van der Waals surface area contributed by atoms with E-state index in [0.29, 0.717) is 5.41 Å². The second-order valence-electron chi connectivity index (χ2n) is 7.19. The number of piperazine rings is 1. The molecule has 0 saturated carbocycles. The number of fused-ring (bicyclic) bond motifs is 2. The van der Waals surface area contributed by atoms with Crippen molar-refractivity contribution in [1.82, 2.24) is 9.80 Å². The first-order valence-electron chi connectivity index (χ1n) is 7.46. The Hall–Kier alpha value is -0.120. The maximum Gasteiger partial charge on any atom is 0.0589 e. The Morgan fingerprint density at radius 1 is 1.06 bits per heavy atom. The minimum absolute atomic E-state index is 0.465. The van der Waals surface area contributed by atoms with Crippen LogP contribution in [0.25, 0.3) is 0 Å². The molecule has 0 aromatic rings. The van der Waals surface area contributed by atoms with E-state index in [-0.39, 0.29) is 0 Å². The largest absolute Gasteiger partial charge is 0.383 e. The van der Waals surface area contributed by atoms with Gasteiger partial charge in [0, 0.05) is 38.8 Å². The van der Waals surface area contributed by atoms with E-state index in [1.165, 1.54) is 38.9 Å². The van der Waals surface area contributed by atoms with Crippen molar-refractivity contribution in [2.24, 2.45) is 5.41 Å². The number of rotatable bonds is 5. The molecule has 0 N–H and O–H groups in total. The molecule has 0 spiro atoms. The first kappa shape index (κ1) is 14.3. The standard InChI is InChI=1S/C15H30N2O/c1-15(2,3)7-8-16-11-13-5-6-14(12-16)17(13)9-10-18-4/h13-14H,5-12H2,1-4H3. The van der Waals surface area contributed by atoms with E-state index < -0.39 is 0 Å². The highest BCUT2D eigenvalue weighted by molar-refractivity contribution is 4.95. The molecule has 3 heteroatoms. The van der Waals surface area contributed by atoms with Gasteiger partial charge in [0.2, 0.25) is 0 Å². The lowest BCUT2D eigenvalue weighted by atomic mass is 9.92. The predicted molar refractivity (Wildman–Crippen MR) is 75.9 cm³/mol. The molecule has 106 valence electrons. The molecule has 2 aliphatic rings. The summed E-state index contributed by atoms with van der Waals surface area (Å²) in [4.78, 5) is 5.38. The number of hydrogen-bond donors (Lipinski definition) is 0. The van der Waals surface area contributed by atoms with Crippen molar-refractivity contribution in [3.63, 3.8) is 0 Å². The summed E-state index contributed by atoms with van der Waals surface area (Å²) in [6.07, 6.45) is 4.09. The van der Waals surface area contributed by atoms with Gasteiger partial charge >= 0.3 is 0 Å². The highest BCUT2D eigenvalue weighted by Gasteiger charge is 2.39. The molecule has 2 atom stereocenters. The van der Waals surface area contributed by atoms with E-state index >= 15 is 0 Å². The van der Waals surface area contributed by atoms with Crippen molar-refractivity contribution in [1.29, 1.82) is 0 Å². The average Bonchev–Trinajstić information content (AvgIpc) is 2.54. The van der Waals surface area contributed by atoms with Gasteiger partial charge in [0.25, 0.3) is 0 Å². The van der Waals surface area contributed by atoms with Crippen LogP contribution in [0.2, 0.25) is 0 Å². The second kappa shape index (κ2) is 5.89. The van der Waals surface area contributed by atoms with Crippen LogP contribution in [0, 0.1) is 5.41 Å². The van der Waals surface area contributed by atoms with Crippen molar-refractivity contribution in [3.8, 4) is 0 Å². The van der Waals surface area contributed by atoms with Crippen LogP contribution >= 0.6 is 0 Å². The topological polar surface area (TPSA) is 15.7 Å². The molecule has 0 aromatic heterocycles. The Balaban J connectivity index is 1.80. The van der Waals surface area contributed by atoms with Gasteiger partial charge in [0.15, 0.2) is 0 Å². The van der Waals surface area contributed by atoms with Crippen LogP contribution in [0.5, 0.6) is 0 Å². The van der Waals surface area contributed by atoms with Crippen LogP contribution in [0.3, 0.4) is 0 Å². The minimum atomic E-state index is 0.465. The van der Waals surface area contributed by atoms with E-state index in [1.807, 2.05) is 7.11 Å². The Bertz CT molecular complexity index is 248. The van der Waals surface area contributed by atoms with Crippen LogP contribution < -0.4 is 0 Å². The molecule has 2 aliphatic heterocycles. The van der Waals surface area contributed by atoms with Crippen molar-refractivity contribution in [2.75, 3.05) is 39.9 Å². The lowest BCUT2D eigenvalue weighted by Gasteiger charge is -2.41. The van der Waals surface area contributed by atoms with E-state index in [9.17, 15) is 0 Å². The Labute approximate surface area is 112 Å². The number of hydrogen-bond acceptors (Lipinski definition) is 3. The van der Waals surface area contributed by atoms with Gasteiger partial charge in [-0.05, 0) is 31.2 Å². The fourth-order valence-corrected chi connectivity index (χ4v) is 3.32. The van der Waals surface area contributed by atoms with Crippen molar-refractivity contribution < 1.29 is 4.74 Å². The van der Waals surface area contributed by atoms with Gasteiger partial charge in [-0.15, -0.1) is 0 Å². The molecule has 2 rings (SSSR count). The molecular formula is C15H30N2O. The third kappa shape index (κ3) is 3.69. The summed E-state index contributed by atoms with van der Waals surface area (Å²) in [7, 11) is 1.81. The number of likely N-dealkylation sites (tertiary alicyclic amines) is 1. The zero-order valence-corrected chi connectivity index (χ0v) is 12.6. The van der Waals surface area contributed by atoms with Crippen LogP contribution in [-0.2, 0) is 4.74 Å². The van der Waals surface area contributed by atoms with Gasteiger partial charge in [-0.3, -0.25) is 4.90 Å². The highest BCUT2D eigenvalue weighted by Crippen LogP contribution is 2.30. The molecule has 2 fully saturated rings. The molecule has 2 bridgehead atoms. The maximum absolute atomic E-state index is 5.23. The van der Waals surface area contributed by atoms with Crippen molar-refractivity contribution in [2.45, 2.75) is 52.1 Å². The predicted octanol–water partition coefficient (Wildman–Crippen LogP) is 2.22. The summed E-state index contributed by atoms with van der Waals surface area (Å²) in [5.41, 5.74) is 0.465. The highest BCUT2D eigenvalue weighted by atomic mass is 16.5. The van der Waals surface area contributed by atoms with Gasteiger partial charge < -0.3 is 9.64 Å². The summed E-state index contributed by atoms with van der Waals surface area (Å²) in [6, 6.07) is 1.58. The summed E-state index contributed by atoms with van der Waals surface area (Å²) < 4.78 is 5.23. The first-order chi connectivity index (χ1) is 8.49. The molecule has 18 heavy (non-hydrogen) atoms. The third-order valence-corrected chi connectivity index (χ3v) is 4.44. The molecule has 0 aliphatic carbocycles. The van der Waals surface area contributed by atoms with Gasteiger partial charge in [-0.1, -0.05) is 20.8 Å². The van der Waals surface area contributed by atoms with E-state index in [0.717, 1.165) is 25.2 Å². The zero-order valence-electron chi connectivity index (χ0n) is 12.6. The Kier molecular flexibility index (Phi) is 4.68. The van der Waals surface area contributed by atoms with E-state index in [4.69, 9.17) is 4.74 Å². The van der Waals surface area contributed by atoms with Crippen LogP contribution in [-0.4, -0.2) is 61.8 Å². The Morgan fingerprint density at radius 2 is 1.67 bits per heavy atom. The number of methoxy groups -OCH3 is 1. The van der Waals surface area contributed by atoms with Gasteiger partial charge in [0.1, 0.15) is 0 Å². The minimum Gasteiger partial charge on any atom is -0.383 e. The Morgan fingerprint density at radius 3 is 2.17 bits per heavy atom. The monoisotopic (exact) mass is 254 g/mol. The SMILES string of the molecule is COCCN1C2CCC1CN(CCC(C)(C)C)C2. The van der Waals surface area contributed by atoms with Crippen molar-refractivity contribution in [3.05, 3.63) is 0 Å². The molecule has 3 nitrogen and oxygen atoms in total. The maximum atomic E-state index is 5.23. The fraction of sp³-hybridized carbons (Fsp3) is 1.00. The average molecular weight is 254 g/mol. The molecule has 0 aromatic carbocycles. The van der Waals surface area contributed by atoms with Crippen LogP contribution in [0.1, 0.15) is 40.0 Å². The summed E-state index contributed by atoms with van der Waals surface area (Å²) in [5, 5.41) is 0. The van der Waals surface area contributed by atoms with Crippen LogP contribution in [0.4, 0.5) is 0 Å².